The highest BCUT2D eigenvalue weighted by atomic mass is 15.2. The molecule has 1 aromatic rings. The molecule has 0 bridgehead atoms. The number of rotatable bonds is 5. The van der Waals surface area contributed by atoms with Gasteiger partial charge in [0, 0.05) is 48.3 Å². The molecule has 0 atom stereocenters. The molecule has 1 aromatic heterocycles. The van der Waals surface area contributed by atoms with E-state index in [1.54, 1.807) is 0 Å². The summed E-state index contributed by atoms with van der Waals surface area (Å²) in [4.78, 5) is 6.79. The van der Waals surface area contributed by atoms with Gasteiger partial charge in [-0.25, -0.2) is 0 Å². The Kier molecular flexibility index (Phi) is 3.91. The molecule has 0 radical (unpaired) electrons. The normalized spacial score (nSPS) is 15.8. The van der Waals surface area contributed by atoms with Crippen LogP contribution in [0.25, 0.3) is 0 Å². The standard InChI is InChI=1S/C15H25N3/c1-5-18(13-6-7-13)14-8-9-16-10-12(14)11-17-15(2,3)4/h8-10,13,17H,5-7,11H2,1-4H3. The molecule has 3 heteroatoms. The zero-order valence-corrected chi connectivity index (χ0v) is 12.0. The maximum absolute atomic E-state index is 4.28. The highest BCUT2D eigenvalue weighted by Crippen LogP contribution is 2.33. The molecule has 0 unspecified atom stereocenters. The lowest BCUT2D eigenvalue weighted by atomic mass is 10.1. The molecule has 0 saturated heterocycles. The summed E-state index contributed by atoms with van der Waals surface area (Å²) < 4.78 is 0. The van der Waals surface area contributed by atoms with Gasteiger partial charge < -0.3 is 10.2 Å². The first-order valence-corrected chi connectivity index (χ1v) is 6.96. The van der Waals surface area contributed by atoms with Crippen molar-refractivity contribution in [3.05, 3.63) is 24.0 Å². The molecule has 0 aliphatic heterocycles. The summed E-state index contributed by atoms with van der Waals surface area (Å²) in [6, 6.07) is 2.91. The Hall–Kier alpha value is -1.09. The number of hydrogen-bond donors (Lipinski definition) is 1. The second kappa shape index (κ2) is 5.27. The molecule has 1 N–H and O–H groups in total. The molecular weight excluding hydrogens is 222 g/mol. The molecule has 1 saturated carbocycles. The van der Waals surface area contributed by atoms with Crippen LogP contribution in [0.3, 0.4) is 0 Å². The van der Waals surface area contributed by atoms with Crippen molar-refractivity contribution < 1.29 is 0 Å². The minimum atomic E-state index is 0.143. The smallest absolute Gasteiger partial charge is 0.0445 e. The average Bonchev–Trinajstić information content (AvgIpc) is 3.12. The Morgan fingerprint density at radius 1 is 1.39 bits per heavy atom. The molecule has 1 aliphatic rings. The fraction of sp³-hybridized carbons (Fsp3) is 0.667. The molecule has 3 nitrogen and oxygen atoms in total. The zero-order chi connectivity index (χ0) is 13.2. The summed E-state index contributed by atoms with van der Waals surface area (Å²) in [5.41, 5.74) is 2.80. The molecular formula is C15H25N3. The molecule has 0 amide bonds. The van der Waals surface area contributed by atoms with Crippen molar-refractivity contribution in [2.45, 2.75) is 58.7 Å². The summed E-state index contributed by atoms with van der Waals surface area (Å²) in [6.45, 7) is 10.8. The number of aromatic nitrogens is 1. The van der Waals surface area contributed by atoms with E-state index in [-0.39, 0.29) is 5.54 Å². The number of nitrogens with one attached hydrogen (secondary N) is 1. The molecule has 1 aliphatic carbocycles. The van der Waals surface area contributed by atoms with E-state index >= 15 is 0 Å². The molecule has 100 valence electrons. The van der Waals surface area contributed by atoms with E-state index in [1.807, 2.05) is 12.4 Å². The van der Waals surface area contributed by atoms with Crippen LogP contribution in [0, 0.1) is 0 Å². The van der Waals surface area contributed by atoms with E-state index in [0.29, 0.717) is 0 Å². The molecule has 1 heterocycles. The lowest BCUT2D eigenvalue weighted by Crippen LogP contribution is -2.36. The third-order valence-corrected chi connectivity index (χ3v) is 3.32. The quantitative estimate of drug-likeness (QED) is 0.867. The Balaban J connectivity index is 2.14. The van der Waals surface area contributed by atoms with Crippen molar-refractivity contribution in [3.8, 4) is 0 Å². The van der Waals surface area contributed by atoms with E-state index < -0.39 is 0 Å². The third kappa shape index (κ3) is 3.45. The van der Waals surface area contributed by atoms with Crippen molar-refractivity contribution in [1.29, 1.82) is 0 Å². The van der Waals surface area contributed by atoms with Gasteiger partial charge in [0.05, 0.1) is 0 Å². The van der Waals surface area contributed by atoms with Crippen LogP contribution in [0.5, 0.6) is 0 Å². The van der Waals surface area contributed by atoms with Gasteiger partial charge in [0.25, 0.3) is 0 Å². The predicted molar refractivity (Wildman–Crippen MR) is 76.9 cm³/mol. The Labute approximate surface area is 111 Å². The number of hydrogen-bond acceptors (Lipinski definition) is 3. The number of anilines is 1. The van der Waals surface area contributed by atoms with Crippen LogP contribution in [0.4, 0.5) is 5.69 Å². The maximum Gasteiger partial charge on any atom is 0.0445 e. The monoisotopic (exact) mass is 247 g/mol. The van der Waals surface area contributed by atoms with E-state index in [0.717, 1.165) is 19.1 Å². The zero-order valence-electron chi connectivity index (χ0n) is 12.0. The van der Waals surface area contributed by atoms with Crippen molar-refractivity contribution in [2.75, 3.05) is 11.4 Å². The molecule has 18 heavy (non-hydrogen) atoms. The van der Waals surface area contributed by atoms with Gasteiger partial charge in [-0.15, -0.1) is 0 Å². The average molecular weight is 247 g/mol. The van der Waals surface area contributed by atoms with Crippen LogP contribution >= 0.6 is 0 Å². The van der Waals surface area contributed by atoms with Crippen LogP contribution in [0.1, 0.15) is 46.1 Å². The topological polar surface area (TPSA) is 28.2 Å². The second-order valence-corrected chi connectivity index (χ2v) is 6.13. The summed E-state index contributed by atoms with van der Waals surface area (Å²) in [5.74, 6) is 0. The number of pyridine rings is 1. The van der Waals surface area contributed by atoms with Gasteiger partial charge in [-0.2, -0.15) is 0 Å². The summed E-state index contributed by atoms with van der Waals surface area (Å²) in [5, 5.41) is 3.55. The Morgan fingerprint density at radius 2 is 2.11 bits per heavy atom. The van der Waals surface area contributed by atoms with Crippen LogP contribution < -0.4 is 10.2 Å². The van der Waals surface area contributed by atoms with Crippen LogP contribution in [0.2, 0.25) is 0 Å². The van der Waals surface area contributed by atoms with Gasteiger partial charge in [-0.1, -0.05) is 0 Å². The Bertz CT molecular complexity index is 391. The first-order valence-electron chi connectivity index (χ1n) is 6.96. The molecule has 0 aromatic carbocycles. The predicted octanol–water partition coefficient (Wildman–Crippen LogP) is 2.96. The summed E-state index contributed by atoms with van der Waals surface area (Å²) >= 11 is 0. The summed E-state index contributed by atoms with van der Waals surface area (Å²) in [7, 11) is 0. The van der Waals surface area contributed by atoms with Crippen molar-refractivity contribution in [2.24, 2.45) is 0 Å². The van der Waals surface area contributed by atoms with Gasteiger partial charge in [0.15, 0.2) is 0 Å². The lowest BCUT2D eigenvalue weighted by Gasteiger charge is -2.27. The summed E-state index contributed by atoms with van der Waals surface area (Å²) in [6.07, 6.45) is 6.57. The largest absolute Gasteiger partial charge is 0.368 e. The minimum Gasteiger partial charge on any atom is -0.368 e. The first-order chi connectivity index (χ1) is 8.51. The fourth-order valence-corrected chi connectivity index (χ4v) is 2.21. The third-order valence-electron chi connectivity index (χ3n) is 3.32. The maximum atomic E-state index is 4.28. The lowest BCUT2D eigenvalue weighted by molar-refractivity contribution is 0.424. The van der Waals surface area contributed by atoms with Crippen LogP contribution in [-0.2, 0) is 6.54 Å². The minimum absolute atomic E-state index is 0.143. The van der Waals surface area contributed by atoms with Gasteiger partial charge in [-0.05, 0) is 46.6 Å². The number of nitrogens with zero attached hydrogens (tertiary/aromatic N) is 2. The Morgan fingerprint density at radius 3 is 2.67 bits per heavy atom. The SMILES string of the molecule is CCN(c1ccncc1CNC(C)(C)C)C1CC1. The van der Waals surface area contributed by atoms with E-state index in [2.05, 4.69) is 49.0 Å². The highest BCUT2D eigenvalue weighted by Gasteiger charge is 2.29. The molecule has 2 rings (SSSR count). The van der Waals surface area contributed by atoms with Gasteiger partial charge in [-0.3, -0.25) is 4.98 Å². The first kappa shape index (κ1) is 13.3. The van der Waals surface area contributed by atoms with Crippen molar-refractivity contribution >= 4 is 5.69 Å². The fourth-order valence-electron chi connectivity index (χ4n) is 2.21. The van der Waals surface area contributed by atoms with Crippen LogP contribution in [-0.4, -0.2) is 23.1 Å². The molecule has 0 spiro atoms. The van der Waals surface area contributed by atoms with E-state index in [4.69, 9.17) is 0 Å². The van der Waals surface area contributed by atoms with E-state index in [9.17, 15) is 0 Å². The van der Waals surface area contributed by atoms with Crippen LogP contribution in [0.15, 0.2) is 18.5 Å². The highest BCUT2D eigenvalue weighted by molar-refractivity contribution is 5.54. The molecule has 1 fully saturated rings. The van der Waals surface area contributed by atoms with Gasteiger partial charge in [0.1, 0.15) is 0 Å². The van der Waals surface area contributed by atoms with Crippen molar-refractivity contribution in [3.63, 3.8) is 0 Å². The second-order valence-electron chi connectivity index (χ2n) is 6.13. The van der Waals surface area contributed by atoms with Gasteiger partial charge >= 0.3 is 0 Å². The van der Waals surface area contributed by atoms with E-state index in [1.165, 1.54) is 24.1 Å². The van der Waals surface area contributed by atoms with Gasteiger partial charge in [0.2, 0.25) is 0 Å². The van der Waals surface area contributed by atoms with Crippen molar-refractivity contribution in [1.82, 2.24) is 10.3 Å².